The average molecular weight is 408 g/mol. The highest BCUT2D eigenvalue weighted by atomic mass is 16.5. The van der Waals surface area contributed by atoms with E-state index < -0.39 is 24.5 Å². The number of ether oxygens (including phenoxy) is 1. The van der Waals surface area contributed by atoms with Gasteiger partial charge in [-0.1, -0.05) is 30.3 Å². The van der Waals surface area contributed by atoms with Crippen molar-refractivity contribution in [2.24, 2.45) is 0 Å². The SMILES string of the molecule is CC(=O)[C@@H](Cc1ccccc1)NC(=O)COC(=O)/C=C/c1cc(C)n(C2CC2)c1C. The number of aromatic nitrogens is 1. The second kappa shape index (κ2) is 9.57. The van der Waals surface area contributed by atoms with Crippen LogP contribution < -0.4 is 5.32 Å². The van der Waals surface area contributed by atoms with Gasteiger partial charge in [0.1, 0.15) is 0 Å². The highest BCUT2D eigenvalue weighted by molar-refractivity contribution is 5.91. The largest absolute Gasteiger partial charge is 0.452 e. The van der Waals surface area contributed by atoms with Crippen molar-refractivity contribution in [3.05, 3.63) is 65.0 Å². The molecule has 0 radical (unpaired) electrons. The van der Waals surface area contributed by atoms with Gasteiger partial charge in [0.15, 0.2) is 12.4 Å². The molecule has 1 aromatic carbocycles. The summed E-state index contributed by atoms with van der Waals surface area (Å²) >= 11 is 0. The number of hydrogen-bond acceptors (Lipinski definition) is 4. The standard InChI is InChI=1S/C24H28N2O4/c1-16-13-20(17(2)26(16)21-10-11-21)9-12-24(29)30-15-23(28)25-22(18(3)27)14-19-7-5-4-6-8-19/h4-9,12-13,21-22H,10-11,14-15H2,1-3H3,(H,25,28)/b12-9+/t22-/m1/s1. The summed E-state index contributed by atoms with van der Waals surface area (Å²) < 4.78 is 7.34. The molecular weight excluding hydrogens is 380 g/mol. The zero-order valence-electron chi connectivity index (χ0n) is 17.7. The third-order valence-corrected chi connectivity index (χ3v) is 5.29. The fourth-order valence-corrected chi connectivity index (χ4v) is 3.59. The van der Waals surface area contributed by atoms with Crippen molar-refractivity contribution in [2.45, 2.75) is 52.1 Å². The normalized spacial score (nSPS) is 14.5. The fourth-order valence-electron chi connectivity index (χ4n) is 3.59. The van der Waals surface area contributed by atoms with Crippen molar-refractivity contribution in [1.29, 1.82) is 0 Å². The van der Waals surface area contributed by atoms with Crippen molar-refractivity contribution in [2.75, 3.05) is 6.61 Å². The predicted molar refractivity (Wildman–Crippen MR) is 115 cm³/mol. The minimum Gasteiger partial charge on any atom is -0.452 e. The van der Waals surface area contributed by atoms with Gasteiger partial charge in [-0.3, -0.25) is 9.59 Å². The molecule has 1 atom stereocenters. The highest BCUT2D eigenvalue weighted by Crippen LogP contribution is 2.38. The van der Waals surface area contributed by atoms with E-state index in [0.29, 0.717) is 12.5 Å². The van der Waals surface area contributed by atoms with Gasteiger partial charge in [-0.05, 0) is 63.3 Å². The van der Waals surface area contributed by atoms with E-state index in [4.69, 9.17) is 4.74 Å². The van der Waals surface area contributed by atoms with Crippen LogP contribution in [0.15, 0.2) is 42.5 Å². The molecule has 1 saturated carbocycles. The summed E-state index contributed by atoms with van der Waals surface area (Å²) in [5.41, 5.74) is 4.22. The molecule has 1 aliphatic carbocycles. The van der Waals surface area contributed by atoms with Crippen LogP contribution in [0.4, 0.5) is 0 Å². The lowest BCUT2D eigenvalue weighted by Gasteiger charge is -2.16. The first-order chi connectivity index (χ1) is 14.3. The number of esters is 1. The average Bonchev–Trinajstić information content (AvgIpc) is 3.50. The van der Waals surface area contributed by atoms with E-state index >= 15 is 0 Å². The molecule has 0 bridgehead atoms. The Morgan fingerprint density at radius 1 is 1.20 bits per heavy atom. The first kappa shape index (κ1) is 21.6. The maximum absolute atomic E-state index is 12.1. The number of hydrogen-bond donors (Lipinski definition) is 1. The maximum atomic E-state index is 12.1. The van der Waals surface area contributed by atoms with Gasteiger partial charge >= 0.3 is 5.97 Å². The molecule has 0 unspecified atom stereocenters. The zero-order chi connectivity index (χ0) is 21.7. The van der Waals surface area contributed by atoms with Gasteiger partial charge < -0.3 is 14.6 Å². The van der Waals surface area contributed by atoms with E-state index in [1.807, 2.05) is 43.3 Å². The first-order valence-electron chi connectivity index (χ1n) is 10.2. The minimum atomic E-state index is -0.651. The summed E-state index contributed by atoms with van der Waals surface area (Å²) in [5, 5.41) is 2.64. The van der Waals surface area contributed by atoms with Gasteiger partial charge in [-0.15, -0.1) is 0 Å². The van der Waals surface area contributed by atoms with Crippen molar-refractivity contribution < 1.29 is 19.1 Å². The monoisotopic (exact) mass is 408 g/mol. The molecular formula is C24H28N2O4. The summed E-state index contributed by atoms with van der Waals surface area (Å²) in [6.45, 7) is 5.11. The lowest BCUT2D eigenvalue weighted by atomic mass is 10.0. The number of ketones is 1. The Hall–Kier alpha value is -3.15. The summed E-state index contributed by atoms with van der Waals surface area (Å²) in [7, 11) is 0. The number of nitrogens with one attached hydrogen (secondary N) is 1. The van der Waals surface area contributed by atoms with Crippen LogP contribution >= 0.6 is 0 Å². The molecule has 158 valence electrons. The van der Waals surface area contributed by atoms with Crippen LogP contribution in [0, 0.1) is 13.8 Å². The van der Waals surface area contributed by atoms with Gasteiger partial charge in [0.05, 0.1) is 6.04 Å². The fraction of sp³-hybridized carbons (Fsp3) is 0.375. The van der Waals surface area contributed by atoms with Gasteiger partial charge in [0, 0.05) is 23.5 Å². The van der Waals surface area contributed by atoms with Crippen LogP contribution in [-0.4, -0.2) is 34.9 Å². The van der Waals surface area contributed by atoms with Crippen molar-refractivity contribution in [3.63, 3.8) is 0 Å². The lowest BCUT2D eigenvalue weighted by molar-refractivity contribution is -0.144. The van der Waals surface area contributed by atoms with E-state index in [9.17, 15) is 14.4 Å². The Kier molecular flexibility index (Phi) is 6.87. The molecule has 1 fully saturated rings. The van der Waals surface area contributed by atoms with Gasteiger partial charge in [-0.25, -0.2) is 4.79 Å². The van der Waals surface area contributed by atoms with Crippen LogP contribution in [0.3, 0.4) is 0 Å². The lowest BCUT2D eigenvalue weighted by Crippen LogP contribution is -2.43. The summed E-state index contributed by atoms with van der Waals surface area (Å²) in [6, 6.07) is 11.4. The number of benzene rings is 1. The van der Waals surface area contributed by atoms with E-state index in [1.54, 1.807) is 6.08 Å². The van der Waals surface area contributed by atoms with E-state index in [1.165, 1.54) is 31.5 Å². The number of nitrogens with zero attached hydrogens (tertiary/aromatic N) is 1. The third kappa shape index (κ3) is 5.69. The number of Topliss-reactive ketones (excluding diaryl/α,β-unsaturated/α-hetero) is 1. The quantitative estimate of drug-likeness (QED) is 0.510. The molecule has 30 heavy (non-hydrogen) atoms. The molecule has 1 aromatic heterocycles. The number of carbonyl (C=O) groups excluding carboxylic acids is 3. The number of amides is 1. The summed E-state index contributed by atoms with van der Waals surface area (Å²) in [4.78, 5) is 36.0. The Labute approximate surface area is 176 Å². The number of aryl methyl sites for hydroxylation is 1. The van der Waals surface area contributed by atoms with Crippen LogP contribution in [-0.2, 0) is 25.5 Å². The second-order valence-electron chi connectivity index (χ2n) is 7.79. The van der Waals surface area contributed by atoms with E-state index in [0.717, 1.165) is 16.8 Å². The van der Waals surface area contributed by atoms with Gasteiger partial charge in [-0.2, -0.15) is 0 Å². The molecule has 1 aliphatic rings. The molecule has 0 saturated heterocycles. The predicted octanol–water partition coefficient (Wildman–Crippen LogP) is 3.31. The van der Waals surface area contributed by atoms with Crippen LogP contribution in [0.1, 0.15) is 48.3 Å². The van der Waals surface area contributed by atoms with Crippen molar-refractivity contribution in [3.8, 4) is 0 Å². The highest BCUT2D eigenvalue weighted by Gasteiger charge is 2.26. The van der Waals surface area contributed by atoms with Gasteiger partial charge in [0.2, 0.25) is 0 Å². The molecule has 1 amide bonds. The molecule has 1 heterocycles. The van der Waals surface area contributed by atoms with Crippen LogP contribution in [0.5, 0.6) is 0 Å². The van der Waals surface area contributed by atoms with Crippen LogP contribution in [0.25, 0.3) is 6.08 Å². The Balaban J connectivity index is 1.50. The molecule has 0 spiro atoms. The molecule has 2 aromatic rings. The number of carbonyl (C=O) groups is 3. The topological polar surface area (TPSA) is 77.4 Å². The smallest absolute Gasteiger partial charge is 0.331 e. The van der Waals surface area contributed by atoms with E-state index in [-0.39, 0.29) is 5.78 Å². The zero-order valence-corrected chi connectivity index (χ0v) is 17.7. The minimum absolute atomic E-state index is 0.149. The van der Waals surface area contributed by atoms with Crippen molar-refractivity contribution >= 4 is 23.7 Å². The Morgan fingerprint density at radius 2 is 1.90 bits per heavy atom. The van der Waals surface area contributed by atoms with Gasteiger partial charge in [0.25, 0.3) is 5.91 Å². The third-order valence-electron chi connectivity index (χ3n) is 5.29. The molecule has 0 aliphatic heterocycles. The molecule has 1 N–H and O–H groups in total. The first-order valence-corrected chi connectivity index (χ1v) is 10.2. The Bertz CT molecular complexity index is 955. The summed E-state index contributed by atoms with van der Waals surface area (Å²) in [6.07, 6.45) is 5.84. The van der Waals surface area contributed by atoms with Crippen molar-refractivity contribution in [1.82, 2.24) is 9.88 Å². The maximum Gasteiger partial charge on any atom is 0.331 e. The number of rotatable bonds is 9. The molecule has 3 rings (SSSR count). The second-order valence-corrected chi connectivity index (χ2v) is 7.79. The van der Waals surface area contributed by atoms with Crippen LogP contribution in [0.2, 0.25) is 0 Å². The van der Waals surface area contributed by atoms with E-state index in [2.05, 4.69) is 16.8 Å². The molecule has 6 nitrogen and oxygen atoms in total. The Morgan fingerprint density at radius 3 is 2.53 bits per heavy atom. The molecule has 6 heteroatoms. The summed E-state index contributed by atoms with van der Waals surface area (Å²) in [5.74, 6) is -1.24.